The molecule has 1 N–H and O–H groups in total. The van der Waals surface area contributed by atoms with Crippen LogP contribution in [0.3, 0.4) is 0 Å². The van der Waals surface area contributed by atoms with Gasteiger partial charge in [-0.2, -0.15) is 5.10 Å². The van der Waals surface area contributed by atoms with Crippen LogP contribution < -0.4 is 15.6 Å². The molecule has 3 heterocycles. The Hall–Kier alpha value is -3.13. The first-order valence-corrected chi connectivity index (χ1v) is 10.2. The van der Waals surface area contributed by atoms with Crippen LogP contribution in [-0.4, -0.2) is 27.2 Å². The number of nitrogens with one attached hydrogen (secondary N) is 1. The normalized spacial score (nSPS) is 11.3. The van der Waals surface area contributed by atoms with E-state index in [4.69, 9.17) is 4.74 Å². The number of nitrogens with zero attached hydrogens (tertiary/aromatic N) is 3. The molecule has 8 heteroatoms. The number of carbonyl (C=O) groups is 1. The van der Waals surface area contributed by atoms with Crippen molar-refractivity contribution in [1.82, 2.24) is 19.5 Å². The molecule has 0 aliphatic carbocycles. The third-order valence-corrected chi connectivity index (χ3v) is 5.81. The van der Waals surface area contributed by atoms with E-state index in [-0.39, 0.29) is 18.0 Å². The number of hydrogen-bond acceptors (Lipinski definition) is 5. The van der Waals surface area contributed by atoms with Crippen molar-refractivity contribution >= 4 is 33.0 Å². The number of fused-ring (bicyclic) bond motifs is 3. The SMILES string of the molecule is CCc1nn(CC(=O)NCc2ccc(OC)cc2)c(=O)c2cc3sc(C)cc3n12. The molecular formula is C21H22N4O3S. The summed E-state index contributed by atoms with van der Waals surface area (Å²) in [6.07, 6.45) is 0.656. The minimum atomic E-state index is -0.261. The maximum Gasteiger partial charge on any atom is 0.291 e. The van der Waals surface area contributed by atoms with Crippen molar-refractivity contribution in [3.8, 4) is 5.75 Å². The van der Waals surface area contributed by atoms with Gasteiger partial charge in [-0.3, -0.25) is 14.0 Å². The van der Waals surface area contributed by atoms with Gasteiger partial charge >= 0.3 is 0 Å². The second kappa shape index (κ2) is 7.71. The Kier molecular flexibility index (Phi) is 5.10. The first-order chi connectivity index (χ1) is 14.0. The molecule has 0 saturated heterocycles. The highest BCUT2D eigenvalue weighted by molar-refractivity contribution is 7.19. The summed E-state index contributed by atoms with van der Waals surface area (Å²) in [5, 5.41) is 7.31. The fourth-order valence-corrected chi connectivity index (χ4v) is 4.33. The predicted molar refractivity (Wildman–Crippen MR) is 114 cm³/mol. The Morgan fingerprint density at radius 2 is 1.97 bits per heavy atom. The predicted octanol–water partition coefficient (Wildman–Crippen LogP) is 2.91. The molecule has 0 radical (unpaired) electrons. The molecular weight excluding hydrogens is 388 g/mol. The van der Waals surface area contributed by atoms with Crippen LogP contribution in [-0.2, 0) is 24.3 Å². The quantitative estimate of drug-likeness (QED) is 0.530. The van der Waals surface area contributed by atoms with Crippen LogP contribution in [0, 0.1) is 6.92 Å². The van der Waals surface area contributed by atoms with Gasteiger partial charge in [-0.15, -0.1) is 11.3 Å². The summed E-state index contributed by atoms with van der Waals surface area (Å²) in [6, 6.07) is 11.4. The number of benzene rings is 1. The van der Waals surface area contributed by atoms with Crippen LogP contribution in [0.15, 0.2) is 41.2 Å². The van der Waals surface area contributed by atoms with Crippen molar-refractivity contribution in [2.75, 3.05) is 7.11 Å². The monoisotopic (exact) mass is 410 g/mol. The zero-order valence-corrected chi connectivity index (χ0v) is 17.4. The van der Waals surface area contributed by atoms with E-state index in [1.807, 2.05) is 48.6 Å². The Morgan fingerprint density at radius 3 is 2.66 bits per heavy atom. The summed E-state index contributed by atoms with van der Waals surface area (Å²) in [5.74, 6) is 1.26. The summed E-state index contributed by atoms with van der Waals surface area (Å²) < 4.78 is 9.35. The Balaban J connectivity index is 1.57. The minimum Gasteiger partial charge on any atom is -0.497 e. The van der Waals surface area contributed by atoms with Crippen molar-refractivity contribution in [1.29, 1.82) is 0 Å². The summed E-state index contributed by atoms with van der Waals surface area (Å²) in [6.45, 7) is 4.30. The van der Waals surface area contributed by atoms with E-state index in [1.165, 1.54) is 9.56 Å². The summed E-state index contributed by atoms with van der Waals surface area (Å²) in [5.41, 5.74) is 2.25. The van der Waals surface area contributed by atoms with Crippen LogP contribution in [0.5, 0.6) is 5.75 Å². The molecule has 29 heavy (non-hydrogen) atoms. The van der Waals surface area contributed by atoms with E-state index in [0.717, 1.165) is 27.4 Å². The second-order valence-corrected chi connectivity index (χ2v) is 8.12. The number of aryl methyl sites for hydroxylation is 2. The fraction of sp³-hybridized carbons (Fsp3) is 0.286. The van der Waals surface area contributed by atoms with Gasteiger partial charge in [-0.1, -0.05) is 19.1 Å². The van der Waals surface area contributed by atoms with Crippen molar-refractivity contribution < 1.29 is 9.53 Å². The molecule has 0 fully saturated rings. The van der Waals surface area contributed by atoms with Crippen LogP contribution in [0.1, 0.15) is 23.2 Å². The van der Waals surface area contributed by atoms with Crippen LogP contribution in [0.25, 0.3) is 15.7 Å². The lowest BCUT2D eigenvalue weighted by Crippen LogP contribution is -2.35. The van der Waals surface area contributed by atoms with Gasteiger partial charge in [0.15, 0.2) is 0 Å². The maximum absolute atomic E-state index is 12.9. The number of methoxy groups -OCH3 is 1. The molecule has 4 rings (SSSR count). The lowest BCUT2D eigenvalue weighted by molar-refractivity contribution is -0.122. The average Bonchev–Trinajstić information content (AvgIpc) is 3.25. The van der Waals surface area contributed by atoms with E-state index in [0.29, 0.717) is 18.5 Å². The number of carbonyl (C=O) groups excluding carboxylic acids is 1. The highest BCUT2D eigenvalue weighted by atomic mass is 32.1. The summed E-state index contributed by atoms with van der Waals surface area (Å²) in [4.78, 5) is 26.5. The standard InChI is InChI=1S/C21H22N4O3S/c1-4-19-23-24(12-20(26)22-11-14-5-7-15(28-3)8-6-14)21(27)17-10-18-16(25(17)19)9-13(2)29-18/h5-10H,4,11-12H2,1-3H3,(H,22,26). The van der Waals surface area contributed by atoms with Gasteiger partial charge in [0.25, 0.3) is 5.56 Å². The molecule has 0 saturated carbocycles. The molecule has 0 aliphatic heterocycles. The van der Waals surface area contributed by atoms with Crippen molar-refractivity contribution in [2.24, 2.45) is 0 Å². The Labute approximate surface area is 171 Å². The third-order valence-electron chi connectivity index (χ3n) is 4.82. The smallest absolute Gasteiger partial charge is 0.291 e. The Morgan fingerprint density at radius 1 is 1.21 bits per heavy atom. The highest BCUT2D eigenvalue weighted by Crippen LogP contribution is 2.28. The van der Waals surface area contributed by atoms with Gasteiger partial charge in [-0.25, -0.2) is 4.68 Å². The number of ether oxygens (including phenoxy) is 1. The molecule has 0 unspecified atom stereocenters. The van der Waals surface area contributed by atoms with E-state index < -0.39 is 0 Å². The summed E-state index contributed by atoms with van der Waals surface area (Å²) in [7, 11) is 1.61. The molecule has 0 bridgehead atoms. The molecule has 0 atom stereocenters. The number of thiophene rings is 1. The third kappa shape index (κ3) is 3.63. The molecule has 3 aromatic heterocycles. The van der Waals surface area contributed by atoms with Gasteiger partial charge < -0.3 is 10.1 Å². The average molecular weight is 410 g/mol. The van der Waals surface area contributed by atoms with Gasteiger partial charge in [0.2, 0.25) is 5.91 Å². The lowest BCUT2D eigenvalue weighted by atomic mass is 10.2. The van der Waals surface area contributed by atoms with Crippen LogP contribution in [0.2, 0.25) is 0 Å². The molecule has 0 spiro atoms. The van der Waals surface area contributed by atoms with Crippen molar-refractivity contribution in [2.45, 2.75) is 33.4 Å². The lowest BCUT2D eigenvalue weighted by Gasteiger charge is -2.10. The van der Waals surface area contributed by atoms with Crippen molar-refractivity contribution in [3.05, 3.63) is 63.0 Å². The number of hydrogen-bond donors (Lipinski definition) is 1. The second-order valence-electron chi connectivity index (χ2n) is 6.83. The fourth-order valence-electron chi connectivity index (χ4n) is 3.38. The van der Waals surface area contributed by atoms with Gasteiger partial charge in [0.05, 0.1) is 17.3 Å². The van der Waals surface area contributed by atoms with Crippen LogP contribution >= 0.6 is 11.3 Å². The van der Waals surface area contributed by atoms with Gasteiger partial charge in [0, 0.05) is 17.8 Å². The topological polar surface area (TPSA) is 77.6 Å². The first kappa shape index (κ1) is 19.2. The zero-order chi connectivity index (χ0) is 20.5. The highest BCUT2D eigenvalue weighted by Gasteiger charge is 2.16. The molecule has 1 aromatic carbocycles. The number of amides is 1. The van der Waals surface area contributed by atoms with E-state index >= 15 is 0 Å². The zero-order valence-electron chi connectivity index (χ0n) is 16.6. The molecule has 1 amide bonds. The number of aromatic nitrogens is 3. The van der Waals surface area contributed by atoms with Crippen LogP contribution in [0.4, 0.5) is 0 Å². The number of rotatable bonds is 6. The first-order valence-electron chi connectivity index (χ1n) is 9.41. The Bertz CT molecular complexity index is 1250. The largest absolute Gasteiger partial charge is 0.497 e. The van der Waals surface area contributed by atoms with Crippen molar-refractivity contribution in [3.63, 3.8) is 0 Å². The summed E-state index contributed by atoms with van der Waals surface area (Å²) >= 11 is 1.65. The van der Waals surface area contributed by atoms with E-state index in [9.17, 15) is 9.59 Å². The molecule has 4 aromatic rings. The van der Waals surface area contributed by atoms with Gasteiger partial charge in [0.1, 0.15) is 23.6 Å². The maximum atomic E-state index is 12.9. The molecule has 0 aliphatic rings. The van der Waals surface area contributed by atoms with Gasteiger partial charge in [-0.05, 0) is 36.8 Å². The van der Waals surface area contributed by atoms with E-state index in [2.05, 4.69) is 16.5 Å². The molecule has 7 nitrogen and oxygen atoms in total. The molecule has 150 valence electrons. The minimum absolute atomic E-state index is 0.115. The van der Waals surface area contributed by atoms with E-state index in [1.54, 1.807) is 18.4 Å².